The average molecular weight is 137 g/mol. The van der Waals surface area contributed by atoms with Crippen LogP contribution in [-0.4, -0.2) is 11.9 Å². The molecule has 0 aromatic rings. The second kappa shape index (κ2) is 2.75. The molecule has 0 aromatic carbocycles. The zero-order valence-corrected chi connectivity index (χ0v) is 4.99. The lowest BCUT2D eigenvalue weighted by molar-refractivity contribution is -0.172. The Bertz CT molecular complexity index is 112. The van der Waals surface area contributed by atoms with E-state index in [1.165, 1.54) is 6.92 Å². The molecule has 0 aliphatic rings. The third-order valence-electron chi connectivity index (χ3n) is 0.863. The highest BCUT2D eigenvalue weighted by Crippen LogP contribution is 2.19. The Morgan fingerprint density at radius 2 is 2.00 bits per heavy atom. The normalized spacial score (nSPS) is 11.4. The number of carbonyl (C=O) groups is 1. The van der Waals surface area contributed by atoms with Crippen LogP contribution in [0.3, 0.4) is 0 Å². The van der Waals surface area contributed by atoms with Gasteiger partial charge in [-0.05, 0) is 6.42 Å². The minimum absolute atomic E-state index is 0.140. The van der Waals surface area contributed by atoms with Gasteiger partial charge in [0.1, 0.15) is 0 Å². The smallest absolute Gasteiger partial charge is 0.240 e. The predicted octanol–water partition coefficient (Wildman–Crippen LogP) is 1.38. The molecule has 0 saturated heterocycles. The first-order valence-electron chi connectivity index (χ1n) is 2.60. The first kappa shape index (κ1) is 8.33. The molecule has 9 heavy (non-hydrogen) atoms. The summed E-state index contributed by atoms with van der Waals surface area (Å²) in [4.78, 5) is 9.55. The van der Waals surface area contributed by atoms with Crippen molar-refractivity contribution in [2.45, 2.75) is 25.7 Å². The van der Waals surface area contributed by atoms with Crippen molar-refractivity contribution in [3.63, 3.8) is 0 Å². The fraction of sp³-hybridized carbons (Fsp3) is 0.800. The van der Waals surface area contributed by atoms with Gasteiger partial charge in [0.05, 0.1) is 0 Å². The van der Waals surface area contributed by atoms with Crippen LogP contribution in [0.4, 0.5) is 8.78 Å². The molecule has 0 bridgehead atoms. The van der Waals surface area contributed by atoms with Crippen molar-refractivity contribution in [2.24, 2.45) is 0 Å². The van der Waals surface area contributed by atoms with Gasteiger partial charge in [0.15, 0.2) is 0 Å². The van der Waals surface area contributed by atoms with Crippen molar-refractivity contribution in [3.05, 3.63) is 0 Å². The summed E-state index contributed by atoms with van der Waals surface area (Å²) in [7, 11) is 0. The van der Waals surface area contributed by atoms with Gasteiger partial charge in [-0.3, -0.25) is 0 Å². The number of alkyl halides is 2. The molecular weight excluding hydrogens is 130 g/mol. The predicted molar refractivity (Wildman–Crippen MR) is 25.5 cm³/mol. The summed E-state index contributed by atoms with van der Waals surface area (Å²) in [6.07, 6.45) is -0.504. The SMILES string of the molecule is CCCC(F)(F)C([O])=O. The lowest BCUT2D eigenvalue weighted by Crippen LogP contribution is -2.26. The zero-order chi connectivity index (χ0) is 7.49. The fourth-order valence-electron chi connectivity index (χ4n) is 0.416. The third kappa shape index (κ3) is 2.39. The monoisotopic (exact) mass is 137 g/mol. The summed E-state index contributed by atoms with van der Waals surface area (Å²) in [6, 6.07) is 0. The first-order chi connectivity index (χ1) is 4.00. The van der Waals surface area contributed by atoms with Gasteiger partial charge < -0.3 is 0 Å². The Balaban J connectivity index is 3.85. The molecule has 2 nitrogen and oxygen atoms in total. The molecule has 0 unspecified atom stereocenters. The highest BCUT2D eigenvalue weighted by Gasteiger charge is 2.38. The van der Waals surface area contributed by atoms with Gasteiger partial charge in [-0.25, -0.2) is 9.90 Å². The summed E-state index contributed by atoms with van der Waals surface area (Å²) in [5, 5.41) is 9.55. The van der Waals surface area contributed by atoms with Crippen LogP contribution in [0.5, 0.6) is 0 Å². The van der Waals surface area contributed by atoms with E-state index in [1.54, 1.807) is 0 Å². The van der Waals surface area contributed by atoms with E-state index in [1.807, 2.05) is 0 Å². The molecule has 0 rings (SSSR count). The number of carbonyl (C=O) groups excluding carboxylic acids is 1. The maximum absolute atomic E-state index is 11.9. The largest absolute Gasteiger partial charge is 0.424 e. The van der Waals surface area contributed by atoms with Gasteiger partial charge >= 0.3 is 11.9 Å². The molecule has 0 N–H and O–H groups in total. The lowest BCUT2D eigenvalue weighted by atomic mass is 10.2. The Morgan fingerprint density at radius 3 is 2.11 bits per heavy atom. The van der Waals surface area contributed by atoms with Gasteiger partial charge in [0.2, 0.25) is 0 Å². The Labute approximate surface area is 51.5 Å². The van der Waals surface area contributed by atoms with Crippen molar-refractivity contribution in [2.75, 3.05) is 0 Å². The summed E-state index contributed by atoms with van der Waals surface area (Å²) in [5.74, 6) is -5.93. The van der Waals surface area contributed by atoms with Crippen LogP contribution in [0.2, 0.25) is 0 Å². The molecule has 0 amide bonds. The second-order valence-corrected chi connectivity index (χ2v) is 1.74. The van der Waals surface area contributed by atoms with Gasteiger partial charge in [0, 0.05) is 6.42 Å². The lowest BCUT2D eigenvalue weighted by Gasteiger charge is -2.05. The highest BCUT2D eigenvalue weighted by atomic mass is 19.3. The molecule has 0 atom stereocenters. The van der Waals surface area contributed by atoms with Crippen molar-refractivity contribution in [3.8, 4) is 0 Å². The van der Waals surface area contributed by atoms with E-state index in [2.05, 4.69) is 0 Å². The fourth-order valence-corrected chi connectivity index (χ4v) is 0.416. The van der Waals surface area contributed by atoms with Gasteiger partial charge in [-0.15, -0.1) is 0 Å². The molecule has 4 heteroatoms. The van der Waals surface area contributed by atoms with E-state index < -0.39 is 18.3 Å². The molecule has 53 valence electrons. The van der Waals surface area contributed by atoms with Crippen LogP contribution in [0.25, 0.3) is 0 Å². The van der Waals surface area contributed by atoms with E-state index in [0.29, 0.717) is 0 Å². The summed E-state index contributed by atoms with van der Waals surface area (Å²) >= 11 is 0. The van der Waals surface area contributed by atoms with Crippen LogP contribution in [-0.2, 0) is 9.90 Å². The second-order valence-electron chi connectivity index (χ2n) is 1.74. The molecule has 0 heterocycles. The van der Waals surface area contributed by atoms with Crippen LogP contribution < -0.4 is 0 Å². The molecule has 0 saturated carbocycles. The maximum Gasteiger partial charge on any atom is 0.424 e. The van der Waals surface area contributed by atoms with E-state index in [-0.39, 0.29) is 6.42 Å². The zero-order valence-electron chi connectivity index (χ0n) is 4.99. The van der Waals surface area contributed by atoms with Crippen LogP contribution in [0.1, 0.15) is 19.8 Å². The molecule has 1 radical (unpaired) electrons. The molecule has 0 aromatic heterocycles. The quantitative estimate of drug-likeness (QED) is 0.578. The maximum atomic E-state index is 11.9. The van der Waals surface area contributed by atoms with Crippen LogP contribution in [0.15, 0.2) is 0 Å². The minimum atomic E-state index is -3.64. The molecule has 0 fully saturated rings. The number of halogens is 2. The van der Waals surface area contributed by atoms with Crippen molar-refractivity contribution >= 4 is 5.97 Å². The van der Waals surface area contributed by atoms with Crippen LogP contribution in [0, 0.1) is 0 Å². The number of rotatable bonds is 3. The summed E-state index contributed by atoms with van der Waals surface area (Å²) in [5.41, 5.74) is 0. The molecular formula is C5H7F2O2. The molecule has 0 aliphatic heterocycles. The Hall–Kier alpha value is -0.670. The van der Waals surface area contributed by atoms with Gasteiger partial charge in [-0.2, -0.15) is 8.78 Å². The van der Waals surface area contributed by atoms with Crippen molar-refractivity contribution < 1.29 is 18.7 Å². The van der Waals surface area contributed by atoms with E-state index in [4.69, 9.17) is 0 Å². The Kier molecular flexibility index (Phi) is 2.55. The standard InChI is InChI=1S/C5H7F2O2/c1-2-3-5(6,7)4(8)9/h2-3H2,1H3. The first-order valence-corrected chi connectivity index (χ1v) is 2.60. The van der Waals surface area contributed by atoms with Crippen molar-refractivity contribution in [1.29, 1.82) is 0 Å². The minimum Gasteiger partial charge on any atom is -0.240 e. The summed E-state index contributed by atoms with van der Waals surface area (Å²) in [6.45, 7) is 1.48. The topological polar surface area (TPSA) is 37.0 Å². The summed E-state index contributed by atoms with van der Waals surface area (Å²) < 4.78 is 23.8. The molecule has 0 aliphatic carbocycles. The van der Waals surface area contributed by atoms with E-state index in [0.717, 1.165) is 0 Å². The number of hydrogen-bond donors (Lipinski definition) is 0. The average Bonchev–Trinajstić information content (AvgIpc) is 1.65. The molecule has 0 spiro atoms. The van der Waals surface area contributed by atoms with E-state index >= 15 is 0 Å². The Morgan fingerprint density at radius 1 is 1.56 bits per heavy atom. The van der Waals surface area contributed by atoms with Crippen molar-refractivity contribution in [1.82, 2.24) is 0 Å². The number of hydrogen-bond acceptors (Lipinski definition) is 1. The third-order valence-corrected chi connectivity index (χ3v) is 0.863. The van der Waals surface area contributed by atoms with Crippen LogP contribution >= 0.6 is 0 Å². The highest BCUT2D eigenvalue weighted by molar-refractivity contribution is 5.74. The van der Waals surface area contributed by atoms with Gasteiger partial charge in [0.25, 0.3) is 0 Å². The van der Waals surface area contributed by atoms with E-state index in [9.17, 15) is 18.7 Å². The van der Waals surface area contributed by atoms with Gasteiger partial charge in [-0.1, -0.05) is 6.92 Å².